The molecule has 0 radical (unpaired) electrons. The quantitative estimate of drug-likeness (QED) is 0.673. The molecular formula is C8H13N3O2. The molecule has 0 saturated carbocycles. The molecule has 0 aromatic carbocycles. The van der Waals surface area contributed by atoms with E-state index in [1.54, 1.807) is 14.2 Å². The van der Waals surface area contributed by atoms with Crippen LogP contribution >= 0.6 is 0 Å². The van der Waals surface area contributed by atoms with E-state index in [2.05, 4.69) is 15.3 Å². The van der Waals surface area contributed by atoms with E-state index in [1.165, 1.54) is 12.4 Å². The number of methoxy groups -OCH3 is 1. The van der Waals surface area contributed by atoms with E-state index in [0.717, 1.165) is 0 Å². The Labute approximate surface area is 76.8 Å². The Balaban J connectivity index is 2.67. The normalized spacial score (nSPS) is 12.5. The van der Waals surface area contributed by atoms with Gasteiger partial charge < -0.3 is 15.2 Å². The fourth-order valence-corrected chi connectivity index (χ4v) is 0.888. The molecule has 0 bridgehead atoms. The highest BCUT2D eigenvalue weighted by molar-refractivity contribution is 5.12. The number of aliphatic hydroxyl groups is 1. The molecule has 5 nitrogen and oxygen atoms in total. The van der Waals surface area contributed by atoms with Gasteiger partial charge in [0.05, 0.1) is 19.5 Å². The first-order chi connectivity index (χ1) is 6.27. The number of nitrogens with one attached hydrogen (secondary N) is 1. The number of likely N-dealkylation sites (N-methyl/N-ethyl adjacent to an activating group) is 1. The molecule has 0 aliphatic heterocycles. The molecule has 1 atom stereocenters. The molecule has 2 N–H and O–H groups in total. The summed E-state index contributed by atoms with van der Waals surface area (Å²) < 4.78 is 4.89. The Morgan fingerprint density at radius 2 is 2.15 bits per heavy atom. The van der Waals surface area contributed by atoms with Crippen molar-refractivity contribution >= 4 is 0 Å². The average Bonchev–Trinajstić information content (AvgIpc) is 2.18. The predicted octanol–water partition coefficient (Wildman–Crippen LogP) is -0.262. The van der Waals surface area contributed by atoms with Crippen LogP contribution in [0.3, 0.4) is 0 Å². The van der Waals surface area contributed by atoms with Gasteiger partial charge in [0.2, 0.25) is 0 Å². The molecule has 1 aromatic rings. The minimum absolute atomic E-state index is 0.398. The van der Waals surface area contributed by atoms with Gasteiger partial charge in [-0.15, -0.1) is 0 Å². The Hall–Kier alpha value is -1.20. The van der Waals surface area contributed by atoms with Crippen LogP contribution in [0.5, 0.6) is 5.75 Å². The fourth-order valence-electron chi connectivity index (χ4n) is 0.888. The van der Waals surface area contributed by atoms with Crippen molar-refractivity contribution < 1.29 is 9.84 Å². The molecule has 1 rings (SSSR count). The topological polar surface area (TPSA) is 67.3 Å². The van der Waals surface area contributed by atoms with Crippen LogP contribution in [0, 0.1) is 0 Å². The molecule has 72 valence electrons. The Kier molecular flexibility index (Phi) is 3.60. The highest BCUT2D eigenvalue weighted by Crippen LogP contribution is 2.09. The molecular weight excluding hydrogens is 170 g/mol. The summed E-state index contributed by atoms with van der Waals surface area (Å²) in [5, 5.41) is 12.3. The van der Waals surface area contributed by atoms with Crippen LogP contribution in [-0.4, -0.2) is 35.8 Å². The lowest BCUT2D eigenvalue weighted by atomic mass is 10.3. The smallest absolute Gasteiger partial charge is 0.158 e. The third-order valence-corrected chi connectivity index (χ3v) is 1.58. The number of aliphatic hydroxyl groups excluding tert-OH is 1. The Morgan fingerprint density at radius 3 is 2.62 bits per heavy atom. The van der Waals surface area contributed by atoms with Gasteiger partial charge in [-0.3, -0.25) is 0 Å². The maximum atomic E-state index is 9.46. The van der Waals surface area contributed by atoms with Gasteiger partial charge in [-0.1, -0.05) is 0 Å². The zero-order valence-electron chi connectivity index (χ0n) is 7.69. The number of rotatable bonds is 4. The minimum Gasteiger partial charge on any atom is -0.494 e. The van der Waals surface area contributed by atoms with Gasteiger partial charge >= 0.3 is 0 Å². The number of hydrogen-bond donors (Lipinski definition) is 2. The lowest BCUT2D eigenvalue weighted by Crippen LogP contribution is -2.18. The van der Waals surface area contributed by atoms with E-state index < -0.39 is 6.10 Å². The summed E-state index contributed by atoms with van der Waals surface area (Å²) in [5.74, 6) is 0.982. The van der Waals surface area contributed by atoms with Crippen LogP contribution < -0.4 is 10.1 Å². The number of hydrogen-bond acceptors (Lipinski definition) is 5. The summed E-state index contributed by atoms with van der Waals surface area (Å²) in [6.07, 6.45) is 2.39. The molecule has 0 fully saturated rings. The van der Waals surface area contributed by atoms with Crippen LogP contribution in [0.2, 0.25) is 0 Å². The highest BCUT2D eigenvalue weighted by atomic mass is 16.5. The van der Waals surface area contributed by atoms with Crippen molar-refractivity contribution in [2.75, 3.05) is 20.7 Å². The first-order valence-corrected chi connectivity index (χ1v) is 3.96. The molecule has 13 heavy (non-hydrogen) atoms. The van der Waals surface area contributed by atoms with E-state index in [1.807, 2.05) is 0 Å². The van der Waals surface area contributed by atoms with Crippen molar-refractivity contribution in [3.8, 4) is 5.75 Å². The van der Waals surface area contributed by atoms with Crippen LogP contribution in [0.4, 0.5) is 0 Å². The van der Waals surface area contributed by atoms with Crippen molar-refractivity contribution in [3.05, 3.63) is 18.2 Å². The molecule has 5 heteroatoms. The second kappa shape index (κ2) is 4.74. The van der Waals surface area contributed by atoms with E-state index in [9.17, 15) is 5.11 Å². The van der Waals surface area contributed by atoms with E-state index in [-0.39, 0.29) is 0 Å². The lowest BCUT2D eigenvalue weighted by Gasteiger charge is -2.07. The molecule has 0 saturated heterocycles. The van der Waals surface area contributed by atoms with Crippen LogP contribution in [0.25, 0.3) is 0 Å². The first-order valence-electron chi connectivity index (χ1n) is 3.96. The SMILES string of the molecule is CNCC(O)c1ncc(OC)cn1. The van der Waals surface area contributed by atoms with Gasteiger partial charge in [-0.05, 0) is 7.05 Å². The van der Waals surface area contributed by atoms with Crippen molar-refractivity contribution in [2.45, 2.75) is 6.10 Å². The summed E-state index contributed by atoms with van der Waals surface area (Å²) in [6.45, 7) is 0.437. The second-order valence-electron chi connectivity index (χ2n) is 2.55. The number of aromatic nitrogens is 2. The summed E-state index contributed by atoms with van der Waals surface area (Å²) in [7, 11) is 3.30. The molecule has 0 aliphatic rings. The predicted molar refractivity (Wildman–Crippen MR) is 47.5 cm³/mol. The molecule has 1 heterocycles. The van der Waals surface area contributed by atoms with Gasteiger partial charge in [-0.25, -0.2) is 9.97 Å². The van der Waals surface area contributed by atoms with Crippen molar-refractivity contribution in [1.29, 1.82) is 0 Å². The number of ether oxygens (including phenoxy) is 1. The highest BCUT2D eigenvalue weighted by Gasteiger charge is 2.08. The summed E-state index contributed by atoms with van der Waals surface area (Å²) in [5.41, 5.74) is 0. The fraction of sp³-hybridized carbons (Fsp3) is 0.500. The first kappa shape index (κ1) is 9.88. The van der Waals surface area contributed by atoms with Crippen LogP contribution in [0.1, 0.15) is 11.9 Å². The largest absolute Gasteiger partial charge is 0.494 e. The Bertz CT molecular complexity index is 250. The average molecular weight is 183 g/mol. The standard InChI is InChI=1S/C8H13N3O2/c1-9-5-7(12)8-10-3-6(13-2)4-11-8/h3-4,7,9,12H,5H2,1-2H3. The van der Waals surface area contributed by atoms with Gasteiger partial charge in [-0.2, -0.15) is 0 Å². The summed E-state index contributed by atoms with van der Waals surface area (Å²) in [6, 6.07) is 0. The zero-order valence-corrected chi connectivity index (χ0v) is 7.69. The third kappa shape index (κ3) is 2.64. The molecule has 1 aromatic heterocycles. The molecule has 0 spiro atoms. The van der Waals surface area contributed by atoms with E-state index >= 15 is 0 Å². The van der Waals surface area contributed by atoms with Crippen molar-refractivity contribution in [1.82, 2.24) is 15.3 Å². The summed E-state index contributed by atoms with van der Waals surface area (Å²) >= 11 is 0. The molecule has 0 aliphatic carbocycles. The van der Waals surface area contributed by atoms with Crippen molar-refractivity contribution in [3.63, 3.8) is 0 Å². The van der Waals surface area contributed by atoms with Crippen LogP contribution in [0.15, 0.2) is 12.4 Å². The lowest BCUT2D eigenvalue weighted by molar-refractivity contribution is 0.167. The summed E-state index contributed by atoms with van der Waals surface area (Å²) in [4.78, 5) is 7.88. The molecule has 1 unspecified atom stereocenters. The maximum absolute atomic E-state index is 9.46. The molecule has 0 amide bonds. The van der Waals surface area contributed by atoms with Crippen molar-refractivity contribution in [2.24, 2.45) is 0 Å². The third-order valence-electron chi connectivity index (χ3n) is 1.58. The van der Waals surface area contributed by atoms with E-state index in [4.69, 9.17) is 4.74 Å². The van der Waals surface area contributed by atoms with Gasteiger partial charge in [0.1, 0.15) is 6.10 Å². The Morgan fingerprint density at radius 1 is 1.54 bits per heavy atom. The van der Waals surface area contributed by atoms with E-state index in [0.29, 0.717) is 18.1 Å². The van der Waals surface area contributed by atoms with Crippen LogP contribution in [-0.2, 0) is 0 Å². The van der Waals surface area contributed by atoms with Gasteiger partial charge in [0.15, 0.2) is 11.6 Å². The second-order valence-corrected chi connectivity index (χ2v) is 2.55. The van der Waals surface area contributed by atoms with Gasteiger partial charge in [0, 0.05) is 6.54 Å². The van der Waals surface area contributed by atoms with Gasteiger partial charge in [0.25, 0.3) is 0 Å². The minimum atomic E-state index is -0.670. The maximum Gasteiger partial charge on any atom is 0.158 e. The monoisotopic (exact) mass is 183 g/mol. The number of nitrogens with zero attached hydrogens (tertiary/aromatic N) is 2. The zero-order chi connectivity index (χ0) is 9.68.